The number of rotatable bonds is 45. The van der Waals surface area contributed by atoms with E-state index in [1.165, 1.54) is 141 Å². The molecule has 65 heavy (non-hydrogen) atoms. The lowest BCUT2D eigenvalue weighted by atomic mass is 9.99. The van der Waals surface area contributed by atoms with E-state index >= 15 is 0 Å². The van der Waals surface area contributed by atoms with Crippen molar-refractivity contribution in [3.8, 4) is 0 Å². The maximum Gasteiger partial charge on any atom is 0.397 e. The third kappa shape index (κ3) is 33.6. The summed E-state index contributed by atoms with van der Waals surface area (Å²) in [7, 11) is -5.11. The number of carbonyl (C=O) groups excluding carboxylic acids is 1. The van der Waals surface area contributed by atoms with Crippen molar-refractivity contribution < 1.29 is 57.0 Å². The van der Waals surface area contributed by atoms with E-state index in [4.69, 9.17) is 9.47 Å². The molecule has 0 radical (unpaired) electrons. The van der Waals surface area contributed by atoms with Gasteiger partial charge >= 0.3 is 10.4 Å². The molecule has 1 amide bonds. The van der Waals surface area contributed by atoms with Gasteiger partial charge in [-0.3, -0.25) is 9.35 Å². The molecular weight excluding hydrogens is 851 g/mol. The van der Waals surface area contributed by atoms with Crippen molar-refractivity contribution in [2.75, 3.05) is 13.2 Å². The van der Waals surface area contributed by atoms with Crippen molar-refractivity contribution in [2.45, 2.75) is 281 Å². The molecule has 1 fully saturated rings. The van der Waals surface area contributed by atoms with Gasteiger partial charge < -0.3 is 40.3 Å². The van der Waals surface area contributed by atoms with Crippen LogP contribution in [0.4, 0.5) is 0 Å². The monoisotopic (exact) mass is 948 g/mol. The van der Waals surface area contributed by atoms with Gasteiger partial charge in [0.2, 0.25) is 5.91 Å². The average Bonchev–Trinajstić information content (AvgIpc) is 3.28. The Hall–Kier alpha value is -1.46. The molecule has 0 saturated carbocycles. The fourth-order valence-electron chi connectivity index (χ4n) is 8.46. The summed E-state index contributed by atoms with van der Waals surface area (Å²) >= 11 is 0. The van der Waals surface area contributed by atoms with Gasteiger partial charge in [0.25, 0.3) is 0 Å². The van der Waals surface area contributed by atoms with Gasteiger partial charge in [0, 0.05) is 0 Å². The maximum atomic E-state index is 13.2. The standard InChI is InChI=1S/C51H97NO12S/c1-3-5-7-9-11-13-15-17-19-21-23-25-27-29-31-33-35-37-39-44(54)43(42-62-51-48(57)49(64-65(59,60)61)47(56)46(41-53)63-51)52-50(58)45(55)40-38-36-34-32-30-28-26-24-22-20-18-16-14-12-10-8-6-4-2/h12,14,16,18,43-49,51,53-57H,3-11,13,15,17,19-42H2,1-2H3,(H,52,58)(H,59,60,61)/b14-12-,18-16-. The van der Waals surface area contributed by atoms with Crippen LogP contribution in [0.1, 0.15) is 232 Å². The number of ether oxygens (including phenoxy) is 2. The number of aliphatic hydroxyl groups excluding tert-OH is 5. The molecule has 7 N–H and O–H groups in total. The molecule has 0 aliphatic carbocycles. The lowest BCUT2D eigenvalue weighted by molar-refractivity contribution is -0.298. The zero-order valence-corrected chi connectivity index (χ0v) is 41.7. The Balaban J connectivity index is 2.48. The summed E-state index contributed by atoms with van der Waals surface area (Å²) in [5.74, 6) is -0.672. The fraction of sp³-hybridized carbons (Fsp3) is 0.902. The Morgan fingerprint density at radius 3 is 1.46 bits per heavy atom. The molecule has 1 saturated heterocycles. The minimum absolute atomic E-state index is 0.255. The van der Waals surface area contributed by atoms with Gasteiger partial charge in [-0.05, 0) is 38.5 Å². The lowest BCUT2D eigenvalue weighted by Crippen LogP contribution is -2.61. The smallest absolute Gasteiger partial charge is 0.394 e. The predicted molar refractivity (Wildman–Crippen MR) is 261 cm³/mol. The topological polar surface area (TPSA) is 212 Å². The predicted octanol–water partition coefficient (Wildman–Crippen LogP) is 10.3. The molecule has 0 aromatic carbocycles. The Bertz CT molecular complexity index is 1270. The average molecular weight is 948 g/mol. The summed E-state index contributed by atoms with van der Waals surface area (Å²) in [5.41, 5.74) is 0. The zero-order chi connectivity index (χ0) is 47.8. The van der Waals surface area contributed by atoms with Crippen molar-refractivity contribution in [3.63, 3.8) is 0 Å². The highest BCUT2D eigenvalue weighted by atomic mass is 32.3. The molecule has 0 spiro atoms. The van der Waals surface area contributed by atoms with Crippen molar-refractivity contribution in [1.29, 1.82) is 0 Å². The van der Waals surface area contributed by atoms with Gasteiger partial charge in [-0.1, -0.05) is 218 Å². The fourth-order valence-corrected chi connectivity index (χ4v) is 8.97. The molecule has 1 rings (SSSR count). The normalized spacial score (nSPS) is 20.8. The molecule has 1 aliphatic rings. The van der Waals surface area contributed by atoms with E-state index < -0.39 is 78.5 Å². The highest BCUT2D eigenvalue weighted by Gasteiger charge is 2.48. The van der Waals surface area contributed by atoms with Gasteiger partial charge in [-0.25, -0.2) is 4.18 Å². The first-order valence-electron chi connectivity index (χ1n) is 26.3. The van der Waals surface area contributed by atoms with Crippen molar-refractivity contribution >= 4 is 16.3 Å². The number of hydrogen-bond donors (Lipinski definition) is 7. The van der Waals surface area contributed by atoms with E-state index in [2.05, 4.69) is 47.7 Å². The van der Waals surface area contributed by atoms with Gasteiger partial charge in [-0.15, -0.1) is 0 Å². The molecule has 1 aliphatic heterocycles. The number of aliphatic hydroxyl groups is 5. The van der Waals surface area contributed by atoms with Crippen LogP contribution in [0.25, 0.3) is 0 Å². The lowest BCUT2D eigenvalue weighted by Gasteiger charge is -2.41. The summed E-state index contributed by atoms with van der Waals surface area (Å²) < 4.78 is 47.7. The Morgan fingerprint density at radius 2 is 1.02 bits per heavy atom. The first kappa shape index (κ1) is 61.6. The van der Waals surface area contributed by atoms with Crippen molar-refractivity contribution in [1.82, 2.24) is 5.32 Å². The van der Waals surface area contributed by atoms with Crippen LogP contribution in [0, 0.1) is 0 Å². The Labute approximate surface area is 395 Å². The minimum atomic E-state index is -5.11. The quantitative estimate of drug-likeness (QED) is 0.0173. The second-order valence-electron chi connectivity index (χ2n) is 18.6. The van der Waals surface area contributed by atoms with Gasteiger partial charge in [0.15, 0.2) is 6.29 Å². The first-order chi connectivity index (χ1) is 31.4. The summed E-state index contributed by atoms with van der Waals surface area (Å²) in [6.45, 7) is 3.27. The number of amides is 1. The number of carbonyl (C=O) groups is 1. The van der Waals surface area contributed by atoms with Crippen LogP contribution < -0.4 is 5.32 Å². The molecule has 0 aromatic heterocycles. The molecule has 384 valence electrons. The van der Waals surface area contributed by atoms with E-state index in [0.29, 0.717) is 19.3 Å². The van der Waals surface area contributed by atoms with Gasteiger partial charge in [0.1, 0.15) is 30.5 Å². The van der Waals surface area contributed by atoms with Crippen LogP contribution in [0.15, 0.2) is 24.3 Å². The first-order valence-corrected chi connectivity index (χ1v) is 27.7. The van der Waals surface area contributed by atoms with E-state index in [1.807, 2.05) is 0 Å². The molecular formula is C51H97NO12S. The van der Waals surface area contributed by atoms with Crippen molar-refractivity contribution in [2.24, 2.45) is 0 Å². The Kier molecular flexibility index (Phi) is 39.3. The highest BCUT2D eigenvalue weighted by molar-refractivity contribution is 7.80. The number of nitrogens with one attached hydrogen (secondary N) is 1. The maximum absolute atomic E-state index is 13.2. The van der Waals surface area contributed by atoms with E-state index in [9.17, 15) is 43.3 Å². The number of hydrogen-bond acceptors (Lipinski definition) is 11. The van der Waals surface area contributed by atoms with Crippen LogP contribution >= 0.6 is 0 Å². The SMILES string of the molecule is CCCCC/C=C\C=C/CCCCCCCCCCCC(O)C(=O)NC(COC1OC(CO)C(O)C(OS(=O)(=O)O)C1O)C(O)CCCCCCCCCCCCCCCCCCCC. The zero-order valence-electron chi connectivity index (χ0n) is 40.9. The van der Waals surface area contributed by atoms with E-state index in [1.54, 1.807) is 0 Å². The second-order valence-corrected chi connectivity index (χ2v) is 19.7. The molecule has 8 atom stereocenters. The van der Waals surface area contributed by atoms with Crippen LogP contribution in [-0.2, 0) is 28.9 Å². The largest absolute Gasteiger partial charge is 0.397 e. The molecule has 14 heteroatoms. The van der Waals surface area contributed by atoms with Crippen LogP contribution in [0.5, 0.6) is 0 Å². The van der Waals surface area contributed by atoms with Crippen LogP contribution in [-0.4, -0.2) is 107 Å². The van der Waals surface area contributed by atoms with Crippen LogP contribution in [0.2, 0.25) is 0 Å². The highest BCUT2D eigenvalue weighted by Crippen LogP contribution is 2.26. The summed E-state index contributed by atoms with van der Waals surface area (Å²) in [6, 6.07) is -1.03. The number of unbranched alkanes of at least 4 members (excludes halogenated alkanes) is 29. The molecule has 0 aromatic rings. The third-order valence-electron chi connectivity index (χ3n) is 12.6. The summed E-state index contributed by atoms with van der Waals surface area (Å²) in [5, 5.41) is 55.6. The number of allylic oxidation sites excluding steroid dienone is 4. The van der Waals surface area contributed by atoms with Crippen LogP contribution in [0.3, 0.4) is 0 Å². The molecule has 13 nitrogen and oxygen atoms in total. The second kappa shape index (κ2) is 41.5. The molecule has 1 heterocycles. The summed E-state index contributed by atoms with van der Waals surface area (Å²) in [4.78, 5) is 13.2. The van der Waals surface area contributed by atoms with Gasteiger partial charge in [0.05, 0.1) is 25.4 Å². The van der Waals surface area contributed by atoms with E-state index in [-0.39, 0.29) is 6.42 Å². The molecule has 0 bridgehead atoms. The minimum Gasteiger partial charge on any atom is -0.394 e. The van der Waals surface area contributed by atoms with Crippen molar-refractivity contribution in [3.05, 3.63) is 24.3 Å². The third-order valence-corrected chi connectivity index (χ3v) is 13.1. The molecule has 8 unspecified atom stereocenters. The van der Waals surface area contributed by atoms with E-state index in [0.717, 1.165) is 51.4 Å². The van der Waals surface area contributed by atoms with Gasteiger partial charge in [-0.2, -0.15) is 8.42 Å². The summed E-state index contributed by atoms with van der Waals surface area (Å²) in [6.07, 6.45) is 36.3. The Morgan fingerprint density at radius 1 is 0.615 bits per heavy atom.